The molecule has 1 saturated heterocycles. The topological polar surface area (TPSA) is 52.7 Å². The Balaban J connectivity index is 1.42. The predicted molar refractivity (Wildman–Crippen MR) is 137 cm³/mol. The van der Waals surface area contributed by atoms with Crippen LogP contribution in [0.3, 0.4) is 0 Å². The van der Waals surface area contributed by atoms with Gasteiger partial charge in [0.2, 0.25) is 5.91 Å². The second kappa shape index (κ2) is 9.43. The molecule has 0 aromatic heterocycles. The minimum atomic E-state index is -0.139. The van der Waals surface area contributed by atoms with Gasteiger partial charge in [0.1, 0.15) is 0 Å². The van der Waals surface area contributed by atoms with Gasteiger partial charge >= 0.3 is 0 Å². The molecule has 2 aliphatic heterocycles. The lowest BCUT2D eigenvalue weighted by Crippen LogP contribution is -2.31. The van der Waals surface area contributed by atoms with Crippen molar-refractivity contribution >= 4 is 23.2 Å². The van der Waals surface area contributed by atoms with Gasteiger partial charge in [-0.2, -0.15) is 0 Å². The standard InChI is InChI=1S/C29H31N3O2/c1-20-7-6-16-32(20)19-24-17-23(11-14-26(24)21-8-4-3-5-9-21)29(34)30-25-13-10-22-12-15-28(33)31(2)27(22)18-25/h3-5,8-11,13-14,17-18,20H,6-7,12,15-16,19H2,1-2H3,(H,30,34). The Labute approximate surface area is 201 Å². The van der Waals surface area contributed by atoms with E-state index in [4.69, 9.17) is 0 Å². The zero-order valence-corrected chi connectivity index (χ0v) is 19.9. The molecule has 2 aliphatic rings. The monoisotopic (exact) mass is 453 g/mol. The van der Waals surface area contributed by atoms with Gasteiger partial charge in [-0.15, -0.1) is 0 Å². The Hall–Kier alpha value is -3.44. The van der Waals surface area contributed by atoms with E-state index in [-0.39, 0.29) is 11.8 Å². The number of likely N-dealkylation sites (tertiary alicyclic amines) is 1. The van der Waals surface area contributed by atoms with Gasteiger partial charge in [-0.25, -0.2) is 0 Å². The molecule has 0 bridgehead atoms. The van der Waals surface area contributed by atoms with Gasteiger partial charge < -0.3 is 10.2 Å². The molecule has 5 rings (SSSR count). The summed E-state index contributed by atoms with van der Waals surface area (Å²) in [6, 6.07) is 22.8. The fraction of sp³-hybridized carbons (Fsp3) is 0.310. The molecule has 2 heterocycles. The second-order valence-electron chi connectivity index (χ2n) is 9.45. The number of aryl methyl sites for hydroxylation is 1. The number of nitrogens with one attached hydrogen (secondary N) is 1. The number of hydrogen-bond donors (Lipinski definition) is 1. The summed E-state index contributed by atoms with van der Waals surface area (Å²) in [5.74, 6) is -0.0340. The Morgan fingerprint density at radius 1 is 1.03 bits per heavy atom. The van der Waals surface area contributed by atoms with Gasteiger partial charge in [-0.3, -0.25) is 14.5 Å². The second-order valence-corrected chi connectivity index (χ2v) is 9.45. The first-order valence-electron chi connectivity index (χ1n) is 12.1. The van der Waals surface area contributed by atoms with Gasteiger partial charge in [0, 0.05) is 43.0 Å². The predicted octanol–water partition coefficient (Wildman–Crippen LogP) is 5.50. The number of carbonyl (C=O) groups excluding carboxylic acids is 2. The molecule has 0 spiro atoms. The van der Waals surface area contributed by atoms with Crippen LogP contribution in [0.4, 0.5) is 11.4 Å². The lowest BCUT2D eigenvalue weighted by molar-refractivity contribution is -0.118. The lowest BCUT2D eigenvalue weighted by atomic mass is 9.96. The summed E-state index contributed by atoms with van der Waals surface area (Å²) in [6.07, 6.45) is 3.71. The maximum absolute atomic E-state index is 13.2. The van der Waals surface area contributed by atoms with Crippen LogP contribution in [0.15, 0.2) is 66.7 Å². The van der Waals surface area contributed by atoms with Crippen LogP contribution in [0, 0.1) is 0 Å². The van der Waals surface area contributed by atoms with Crippen molar-refractivity contribution in [2.24, 2.45) is 0 Å². The van der Waals surface area contributed by atoms with E-state index in [2.05, 4.69) is 47.5 Å². The third kappa shape index (κ3) is 4.48. The summed E-state index contributed by atoms with van der Waals surface area (Å²) >= 11 is 0. The van der Waals surface area contributed by atoms with Crippen molar-refractivity contribution in [2.75, 3.05) is 23.8 Å². The van der Waals surface area contributed by atoms with Crippen molar-refractivity contribution in [1.82, 2.24) is 4.90 Å². The summed E-state index contributed by atoms with van der Waals surface area (Å²) < 4.78 is 0. The lowest BCUT2D eigenvalue weighted by Gasteiger charge is -2.26. The van der Waals surface area contributed by atoms with Crippen molar-refractivity contribution in [3.63, 3.8) is 0 Å². The molecule has 1 atom stereocenters. The molecule has 0 saturated carbocycles. The third-order valence-corrected chi connectivity index (χ3v) is 7.20. The van der Waals surface area contributed by atoms with E-state index in [1.807, 2.05) is 36.4 Å². The number of fused-ring (bicyclic) bond motifs is 1. The van der Waals surface area contributed by atoms with Gasteiger partial charge in [0.25, 0.3) is 5.91 Å². The van der Waals surface area contributed by atoms with Gasteiger partial charge in [-0.05, 0) is 79.3 Å². The highest BCUT2D eigenvalue weighted by molar-refractivity contribution is 6.05. The summed E-state index contributed by atoms with van der Waals surface area (Å²) in [6.45, 7) is 4.20. The Kier molecular flexibility index (Phi) is 6.20. The van der Waals surface area contributed by atoms with Crippen molar-refractivity contribution in [2.45, 2.75) is 45.2 Å². The number of anilines is 2. The van der Waals surface area contributed by atoms with Crippen LogP contribution in [0.25, 0.3) is 11.1 Å². The number of carbonyl (C=O) groups is 2. The first-order chi connectivity index (χ1) is 16.5. The van der Waals surface area contributed by atoms with E-state index < -0.39 is 0 Å². The molecule has 0 aliphatic carbocycles. The van der Waals surface area contributed by atoms with Gasteiger partial charge in [-0.1, -0.05) is 42.5 Å². The Bertz CT molecular complexity index is 1220. The van der Waals surface area contributed by atoms with Crippen molar-refractivity contribution in [1.29, 1.82) is 0 Å². The highest BCUT2D eigenvalue weighted by Crippen LogP contribution is 2.31. The normalized spacial score (nSPS) is 18.1. The number of hydrogen-bond acceptors (Lipinski definition) is 3. The van der Waals surface area contributed by atoms with E-state index >= 15 is 0 Å². The van der Waals surface area contributed by atoms with Crippen LogP contribution in [-0.2, 0) is 17.8 Å². The maximum Gasteiger partial charge on any atom is 0.255 e. The largest absolute Gasteiger partial charge is 0.322 e. The van der Waals surface area contributed by atoms with Gasteiger partial charge in [0.15, 0.2) is 0 Å². The summed E-state index contributed by atoms with van der Waals surface area (Å²) in [7, 11) is 1.79. The number of nitrogens with zero attached hydrogens (tertiary/aromatic N) is 2. The fourth-order valence-electron chi connectivity index (χ4n) is 5.12. The molecule has 0 radical (unpaired) electrons. The fourth-order valence-corrected chi connectivity index (χ4v) is 5.12. The smallest absolute Gasteiger partial charge is 0.255 e. The minimum absolute atomic E-state index is 0.105. The molecular formula is C29H31N3O2. The number of rotatable bonds is 5. The van der Waals surface area contributed by atoms with E-state index in [0.29, 0.717) is 23.7 Å². The molecule has 1 fully saturated rings. The van der Waals surface area contributed by atoms with Crippen LogP contribution >= 0.6 is 0 Å². The first kappa shape index (κ1) is 22.4. The molecular weight excluding hydrogens is 422 g/mol. The average molecular weight is 454 g/mol. The van der Waals surface area contributed by atoms with Crippen molar-refractivity contribution < 1.29 is 9.59 Å². The quantitative estimate of drug-likeness (QED) is 0.555. The highest BCUT2D eigenvalue weighted by atomic mass is 16.2. The van der Waals surface area contributed by atoms with Crippen LogP contribution in [0.2, 0.25) is 0 Å². The zero-order chi connectivity index (χ0) is 23.7. The first-order valence-corrected chi connectivity index (χ1v) is 12.1. The van der Waals surface area contributed by atoms with E-state index in [1.165, 1.54) is 29.5 Å². The van der Waals surface area contributed by atoms with Crippen LogP contribution in [0.5, 0.6) is 0 Å². The Morgan fingerprint density at radius 2 is 1.85 bits per heavy atom. The summed E-state index contributed by atoms with van der Waals surface area (Å²) in [5, 5.41) is 3.04. The third-order valence-electron chi connectivity index (χ3n) is 7.20. The summed E-state index contributed by atoms with van der Waals surface area (Å²) in [4.78, 5) is 29.5. The maximum atomic E-state index is 13.2. The van der Waals surface area contributed by atoms with E-state index in [0.717, 1.165) is 30.8 Å². The minimum Gasteiger partial charge on any atom is -0.322 e. The van der Waals surface area contributed by atoms with E-state index in [9.17, 15) is 9.59 Å². The number of amides is 2. The van der Waals surface area contributed by atoms with Gasteiger partial charge in [0.05, 0.1) is 0 Å². The SMILES string of the molecule is CC1CCCN1Cc1cc(C(=O)Nc2ccc3c(c2)N(C)C(=O)CC3)ccc1-c1ccccc1. The highest BCUT2D eigenvalue weighted by Gasteiger charge is 2.23. The van der Waals surface area contributed by atoms with Crippen LogP contribution in [0.1, 0.15) is 47.7 Å². The molecule has 3 aromatic rings. The molecule has 5 nitrogen and oxygen atoms in total. The Morgan fingerprint density at radius 3 is 2.62 bits per heavy atom. The zero-order valence-electron chi connectivity index (χ0n) is 19.9. The number of benzene rings is 3. The summed E-state index contributed by atoms with van der Waals surface area (Å²) in [5.41, 5.74) is 6.86. The molecule has 5 heteroatoms. The van der Waals surface area contributed by atoms with Crippen LogP contribution in [-0.4, -0.2) is 36.3 Å². The molecule has 1 N–H and O–H groups in total. The molecule has 3 aromatic carbocycles. The molecule has 1 unspecified atom stereocenters. The molecule has 174 valence electrons. The van der Waals surface area contributed by atoms with Crippen LogP contribution < -0.4 is 10.2 Å². The van der Waals surface area contributed by atoms with Crippen molar-refractivity contribution in [3.8, 4) is 11.1 Å². The average Bonchev–Trinajstić information content (AvgIpc) is 3.26. The molecule has 2 amide bonds. The van der Waals surface area contributed by atoms with Crippen molar-refractivity contribution in [3.05, 3.63) is 83.4 Å². The molecule has 34 heavy (non-hydrogen) atoms. The van der Waals surface area contributed by atoms with E-state index in [1.54, 1.807) is 11.9 Å².